The molecule has 230 valence electrons. The van der Waals surface area contributed by atoms with Gasteiger partial charge in [-0.15, -0.1) is 0 Å². The van der Waals surface area contributed by atoms with E-state index in [4.69, 9.17) is 25.7 Å². The van der Waals surface area contributed by atoms with Gasteiger partial charge in [-0.3, -0.25) is 0 Å². The van der Waals surface area contributed by atoms with Crippen LogP contribution in [0, 0.1) is 11.8 Å². The Bertz CT molecular complexity index is 744. The van der Waals surface area contributed by atoms with Crippen molar-refractivity contribution in [2.24, 2.45) is 29.0 Å². The van der Waals surface area contributed by atoms with Gasteiger partial charge in [0.15, 0.2) is 12.1 Å². The summed E-state index contributed by atoms with van der Waals surface area (Å²) in [4.78, 5) is 9.81. The van der Waals surface area contributed by atoms with Gasteiger partial charge in [-0.05, 0) is 25.2 Å². The Morgan fingerprint density at radius 2 is 1.82 bits per heavy atom. The van der Waals surface area contributed by atoms with Crippen LogP contribution in [0.15, 0.2) is 12.2 Å². The van der Waals surface area contributed by atoms with Crippen LogP contribution in [0.3, 0.4) is 0 Å². The summed E-state index contributed by atoms with van der Waals surface area (Å²) >= 11 is 0. The Balaban J connectivity index is 0.000000956. The van der Waals surface area contributed by atoms with Gasteiger partial charge in [-0.2, -0.15) is 0 Å². The van der Waals surface area contributed by atoms with Crippen LogP contribution in [0.2, 0.25) is 0 Å². The first-order valence-corrected chi connectivity index (χ1v) is 13.7. The molecule has 13 heteroatoms. The molecule has 13 nitrogen and oxygen atoms in total. The highest BCUT2D eigenvalue weighted by molar-refractivity contribution is 5.71. The van der Waals surface area contributed by atoms with Crippen molar-refractivity contribution < 1.29 is 44.5 Å². The van der Waals surface area contributed by atoms with Crippen molar-refractivity contribution in [2.75, 3.05) is 13.1 Å². The van der Waals surface area contributed by atoms with Crippen LogP contribution in [0.1, 0.15) is 60.3 Å². The molecule has 0 aromatic rings. The molecule has 7 unspecified atom stereocenters. The van der Waals surface area contributed by atoms with Crippen molar-refractivity contribution in [3.63, 3.8) is 0 Å². The number of primary amides is 1. The minimum atomic E-state index is -1.64. The molecular weight excluding hydrogens is 512 g/mol. The van der Waals surface area contributed by atoms with Gasteiger partial charge < -0.3 is 62.3 Å². The molecule has 0 spiro atoms. The predicted octanol–water partition coefficient (Wildman–Crippen LogP) is -0.983. The fraction of sp³-hybridized carbons (Fsp3) is 0.885. The number of nitrogens with two attached hydrogens (primary N) is 3. The van der Waals surface area contributed by atoms with E-state index in [1.165, 1.54) is 0 Å². The first-order chi connectivity index (χ1) is 18.1. The van der Waals surface area contributed by atoms with Crippen LogP contribution in [0.5, 0.6) is 0 Å². The number of rotatable bonds is 11. The minimum absolute atomic E-state index is 0.000288. The van der Waals surface area contributed by atoms with Crippen molar-refractivity contribution in [1.82, 2.24) is 5.32 Å². The van der Waals surface area contributed by atoms with Crippen molar-refractivity contribution in [2.45, 2.75) is 121 Å². The summed E-state index contributed by atoms with van der Waals surface area (Å²) in [6.07, 6.45) is -2.10. The maximum absolute atomic E-state index is 10.9. The molecule has 2 aliphatic heterocycles. The Morgan fingerprint density at radius 1 is 1.18 bits per heavy atom. The molecule has 10 atom stereocenters. The lowest BCUT2D eigenvalue weighted by Gasteiger charge is -2.43. The van der Waals surface area contributed by atoms with Gasteiger partial charge in [0.1, 0.15) is 6.10 Å². The fourth-order valence-corrected chi connectivity index (χ4v) is 4.33. The lowest BCUT2D eigenvalue weighted by atomic mass is 9.89. The van der Waals surface area contributed by atoms with Crippen LogP contribution in [0.25, 0.3) is 0 Å². The summed E-state index contributed by atoms with van der Waals surface area (Å²) in [6.45, 7) is 10.3. The third-order valence-corrected chi connectivity index (χ3v) is 6.63. The molecule has 39 heavy (non-hydrogen) atoms. The predicted molar refractivity (Wildman–Crippen MR) is 145 cm³/mol. The molecule has 2 saturated heterocycles. The van der Waals surface area contributed by atoms with Crippen molar-refractivity contribution in [3.8, 4) is 0 Å². The molecule has 0 aromatic carbocycles. The van der Waals surface area contributed by atoms with Gasteiger partial charge in [-0.25, -0.2) is 4.79 Å². The van der Waals surface area contributed by atoms with Crippen LogP contribution >= 0.6 is 0 Å². The van der Waals surface area contributed by atoms with E-state index in [1.54, 1.807) is 6.92 Å². The summed E-state index contributed by atoms with van der Waals surface area (Å²) < 4.78 is 17.6. The number of ether oxygens (including phenoxy) is 3. The molecule has 0 aromatic heterocycles. The summed E-state index contributed by atoms with van der Waals surface area (Å²) in [5, 5.41) is 54.3. The number of hydrogen-bond donors (Lipinski definition) is 9. The Kier molecular flexibility index (Phi) is 15.3. The summed E-state index contributed by atoms with van der Waals surface area (Å²) in [5.41, 5.74) is 15.6. The van der Waals surface area contributed by atoms with Gasteiger partial charge in [-0.1, -0.05) is 39.8 Å². The van der Waals surface area contributed by atoms with Crippen LogP contribution < -0.4 is 22.5 Å². The molecule has 0 bridgehead atoms. The second-order valence-corrected chi connectivity index (χ2v) is 11.2. The van der Waals surface area contributed by atoms with Gasteiger partial charge in [0.05, 0.1) is 42.7 Å². The van der Waals surface area contributed by atoms with E-state index >= 15 is 0 Å². The first kappa shape index (κ1) is 35.6. The lowest BCUT2D eigenvalue weighted by Crippen LogP contribution is -2.61. The molecule has 2 heterocycles. The number of urea groups is 1. The highest BCUT2D eigenvalue weighted by Crippen LogP contribution is 2.34. The highest BCUT2D eigenvalue weighted by atomic mass is 16.7. The zero-order valence-electron chi connectivity index (χ0n) is 23.8. The number of aliphatic hydroxyl groups excluding tert-OH is 4. The monoisotopic (exact) mass is 564 g/mol. The van der Waals surface area contributed by atoms with Crippen molar-refractivity contribution in [3.05, 3.63) is 12.2 Å². The number of allylic oxidation sites excluding steroid dienone is 1. The topological polar surface area (TPSA) is 236 Å². The molecule has 2 amide bonds. The molecule has 2 aliphatic rings. The van der Waals surface area contributed by atoms with E-state index in [0.29, 0.717) is 25.9 Å². The van der Waals surface area contributed by atoms with Gasteiger partial charge in [0.25, 0.3) is 0 Å². The molecule has 12 N–H and O–H groups in total. The van der Waals surface area contributed by atoms with Crippen molar-refractivity contribution >= 4 is 6.03 Å². The zero-order valence-corrected chi connectivity index (χ0v) is 23.8. The maximum atomic E-state index is 10.9. The molecular formula is C26H52N4O9. The smallest absolute Gasteiger partial charge is 0.312 e. The van der Waals surface area contributed by atoms with E-state index < -0.39 is 66.9 Å². The summed E-state index contributed by atoms with van der Waals surface area (Å²) in [5.74, 6) is -1.45. The number of carbonyl (C=O) groups is 1. The second-order valence-electron chi connectivity index (χ2n) is 11.2. The third-order valence-electron chi connectivity index (χ3n) is 6.63. The first-order valence-electron chi connectivity index (χ1n) is 13.7. The molecule has 0 radical (unpaired) electrons. The van der Waals surface area contributed by atoms with Gasteiger partial charge in [0, 0.05) is 32.4 Å². The van der Waals surface area contributed by atoms with Crippen molar-refractivity contribution in [1.29, 1.82) is 0 Å². The maximum Gasteiger partial charge on any atom is 0.312 e. The quantitative estimate of drug-likeness (QED) is 0.138. The highest BCUT2D eigenvalue weighted by Gasteiger charge is 2.44. The van der Waals surface area contributed by atoms with Crippen LogP contribution in [0.4, 0.5) is 4.79 Å². The molecule has 2 fully saturated rings. The Labute approximate surface area is 231 Å². The average molecular weight is 565 g/mol. The lowest BCUT2D eigenvalue weighted by molar-refractivity contribution is -0.298. The Morgan fingerprint density at radius 3 is 2.33 bits per heavy atom. The SMILES string of the molecule is CC(C)/C=C/[C@@H](CC1CC(O)C[C@@](O)(C[C@@H](O)C(C)C)O1)OC1OC(C)C(O)C(N)C1O.NCCNC(N)=O. The third kappa shape index (κ3) is 12.8. The van der Waals surface area contributed by atoms with Gasteiger partial charge in [0.2, 0.25) is 0 Å². The fourth-order valence-electron chi connectivity index (χ4n) is 4.33. The number of amides is 2. The number of nitrogens with one attached hydrogen (secondary N) is 1. The normalized spacial score (nSPS) is 35.0. The minimum Gasteiger partial charge on any atom is -0.393 e. The van der Waals surface area contributed by atoms with E-state index in [2.05, 4.69) is 11.1 Å². The van der Waals surface area contributed by atoms with E-state index in [0.717, 1.165) is 0 Å². The molecule has 0 saturated carbocycles. The Hall–Kier alpha value is -1.39. The number of carbonyl (C=O) groups excluding carboxylic acids is 1. The van der Waals surface area contributed by atoms with E-state index in [9.17, 15) is 30.3 Å². The van der Waals surface area contributed by atoms with E-state index in [-0.39, 0.29) is 24.7 Å². The van der Waals surface area contributed by atoms with Crippen LogP contribution in [-0.4, -0.2) is 106 Å². The zero-order chi connectivity index (χ0) is 29.9. The molecule has 0 aliphatic carbocycles. The summed E-state index contributed by atoms with van der Waals surface area (Å²) in [6, 6.07) is -1.43. The number of aliphatic hydroxyl groups is 5. The van der Waals surface area contributed by atoms with Crippen LogP contribution in [-0.2, 0) is 14.2 Å². The largest absolute Gasteiger partial charge is 0.393 e. The molecule has 2 rings (SSSR count). The standard InChI is InChI=1S/C23H43NO8.C3H9N3O/c1-12(2)6-7-16(31-22-21(28)19(24)20(27)14(5)30-22)9-17-8-15(25)10-23(29,32-17)11-18(26)13(3)4;4-1-2-6-3(5)7/h6-7,12-22,25-29H,8-11,24H2,1-5H3;1-2,4H2,(H3,5,6,7)/b7-6+;/t14?,15?,16-,17?,18+,19?,20?,21?,22?,23-;/m0./s1. The van der Waals surface area contributed by atoms with E-state index in [1.807, 2.05) is 39.8 Å². The summed E-state index contributed by atoms with van der Waals surface area (Å²) in [7, 11) is 0. The number of hydrogen-bond acceptors (Lipinski definition) is 11. The second kappa shape index (κ2) is 16.8. The average Bonchev–Trinajstić information content (AvgIpc) is 2.82. The van der Waals surface area contributed by atoms with Gasteiger partial charge >= 0.3 is 6.03 Å².